The first-order valence-corrected chi connectivity index (χ1v) is 5.72. The number of hydrogen-bond donors (Lipinski definition) is 0. The molecule has 1 heterocycles. The standard InChI is InChI=1S/C12H17NO6/c1-12(2,3)19-11(16)13-5-6-18-10(15)8(13)7-9(14)17-4/h7H,5-6H2,1-4H3. The average Bonchev–Trinajstić information content (AvgIpc) is 2.29. The molecule has 7 nitrogen and oxygen atoms in total. The first-order chi connectivity index (χ1) is 8.74. The third-order valence-corrected chi connectivity index (χ3v) is 2.12. The molecule has 106 valence electrons. The normalized spacial score (nSPS) is 18.0. The summed E-state index contributed by atoms with van der Waals surface area (Å²) in [6.07, 6.45) is 0.199. The van der Waals surface area contributed by atoms with Gasteiger partial charge >= 0.3 is 18.0 Å². The van der Waals surface area contributed by atoms with Crippen molar-refractivity contribution in [2.75, 3.05) is 20.3 Å². The highest BCUT2D eigenvalue weighted by Gasteiger charge is 2.33. The first kappa shape index (κ1) is 15.0. The summed E-state index contributed by atoms with van der Waals surface area (Å²) in [5, 5.41) is 0. The van der Waals surface area contributed by atoms with E-state index in [2.05, 4.69) is 4.74 Å². The van der Waals surface area contributed by atoms with Crippen molar-refractivity contribution in [1.29, 1.82) is 0 Å². The molecular formula is C12H17NO6. The minimum Gasteiger partial charge on any atom is -0.466 e. The molecule has 0 aromatic heterocycles. The summed E-state index contributed by atoms with van der Waals surface area (Å²) in [4.78, 5) is 35.8. The molecule has 1 aliphatic heterocycles. The van der Waals surface area contributed by atoms with Crippen LogP contribution < -0.4 is 0 Å². The summed E-state index contributed by atoms with van der Waals surface area (Å²) in [6, 6.07) is 0. The molecule has 19 heavy (non-hydrogen) atoms. The van der Waals surface area contributed by atoms with Gasteiger partial charge in [-0.05, 0) is 20.8 Å². The van der Waals surface area contributed by atoms with Gasteiger partial charge in [-0.15, -0.1) is 0 Å². The Morgan fingerprint density at radius 3 is 2.53 bits per heavy atom. The molecule has 0 unspecified atom stereocenters. The van der Waals surface area contributed by atoms with E-state index in [0.717, 1.165) is 11.0 Å². The van der Waals surface area contributed by atoms with Crippen LogP contribution in [0.2, 0.25) is 0 Å². The lowest BCUT2D eigenvalue weighted by atomic mass is 10.2. The summed E-state index contributed by atoms with van der Waals surface area (Å²) in [5.41, 5.74) is -0.887. The van der Waals surface area contributed by atoms with Gasteiger partial charge < -0.3 is 14.2 Å². The van der Waals surface area contributed by atoms with Crippen LogP contribution in [0.15, 0.2) is 11.8 Å². The van der Waals surface area contributed by atoms with Gasteiger partial charge in [-0.3, -0.25) is 4.90 Å². The molecule has 0 bridgehead atoms. The molecule has 1 rings (SSSR count). The molecule has 0 aliphatic carbocycles. The quantitative estimate of drug-likeness (QED) is 0.399. The Hall–Kier alpha value is -2.05. The number of hydrogen-bond acceptors (Lipinski definition) is 6. The number of esters is 2. The SMILES string of the molecule is COC(=O)C=C1C(=O)OCCN1C(=O)OC(C)(C)C. The average molecular weight is 271 g/mol. The number of nitrogens with zero attached hydrogens (tertiary/aromatic N) is 1. The van der Waals surface area contributed by atoms with Crippen molar-refractivity contribution < 1.29 is 28.6 Å². The van der Waals surface area contributed by atoms with Gasteiger partial charge in [-0.1, -0.05) is 0 Å². The molecule has 7 heteroatoms. The van der Waals surface area contributed by atoms with E-state index in [-0.39, 0.29) is 18.8 Å². The second-order valence-electron chi connectivity index (χ2n) is 4.82. The summed E-state index contributed by atoms with van der Waals surface area (Å²) >= 11 is 0. The third kappa shape index (κ3) is 4.27. The second-order valence-corrected chi connectivity index (χ2v) is 4.82. The Balaban J connectivity index is 2.95. The molecule has 0 saturated carbocycles. The maximum Gasteiger partial charge on any atom is 0.415 e. The first-order valence-electron chi connectivity index (χ1n) is 5.72. The maximum absolute atomic E-state index is 11.9. The van der Waals surface area contributed by atoms with Gasteiger partial charge in [0.05, 0.1) is 19.7 Å². The number of morpholine rings is 1. The van der Waals surface area contributed by atoms with Gasteiger partial charge in [0, 0.05) is 0 Å². The molecular weight excluding hydrogens is 254 g/mol. The minimum atomic E-state index is -0.762. The van der Waals surface area contributed by atoms with Gasteiger partial charge in [0.25, 0.3) is 0 Å². The summed E-state index contributed by atoms with van der Waals surface area (Å²) < 4.78 is 14.4. The number of ether oxygens (including phenoxy) is 3. The second kappa shape index (κ2) is 5.73. The van der Waals surface area contributed by atoms with Gasteiger partial charge in [-0.2, -0.15) is 0 Å². The monoisotopic (exact) mass is 271 g/mol. The summed E-state index contributed by atoms with van der Waals surface area (Å²) in [5.74, 6) is -1.51. The number of cyclic esters (lactones) is 1. The largest absolute Gasteiger partial charge is 0.466 e. The molecule has 0 radical (unpaired) electrons. The van der Waals surface area contributed by atoms with Crippen LogP contribution in [0, 0.1) is 0 Å². The zero-order valence-corrected chi connectivity index (χ0v) is 11.4. The van der Waals surface area contributed by atoms with E-state index in [0.29, 0.717) is 0 Å². The van der Waals surface area contributed by atoms with E-state index in [1.165, 1.54) is 7.11 Å². The Morgan fingerprint density at radius 1 is 1.37 bits per heavy atom. The third-order valence-electron chi connectivity index (χ3n) is 2.12. The fourth-order valence-electron chi connectivity index (χ4n) is 1.35. The van der Waals surface area contributed by atoms with E-state index >= 15 is 0 Å². The highest BCUT2D eigenvalue weighted by Crippen LogP contribution is 2.17. The topological polar surface area (TPSA) is 82.1 Å². The predicted octanol–water partition coefficient (Wildman–Crippen LogP) is 0.837. The van der Waals surface area contributed by atoms with Crippen molar-refractivity contribution in [2.24, 2.45) is 0 Å². The van der Waals surface area contributed by atoms with Crippen LogP contribution in [-0.2, 0) is 23.8 Å². The van der Waals surface area contributed by atoms with Crippen LogP contribution in [0.25, 0.3) is 0 Å². The lowest BCUT2D eigenvalue weighted by Crippen LogP contribution is -2.44. The van der Waals surface area contributed by atoms with Gasteiger partial charge in [0.15, 0.2) is 0 Å². The fourth-order valence-corrected chi connectivity index (χ4v) is 1.35. The van der Waals surface area contributed by atoms with Crippen molar-refractivity contribution in [1.82, 2.24) is 4.90 Å². The molecule has 0 spiro atoms. The van der Waals surface area contributed by atoms with Crippen molar-refractivity contribution in [3.8, 4) is 0 Å². The highest BCUT2D eigenvalue weighted by molar-refractivity contribution is 5.99. The van der Waals surface area contributed by atoms with Crippen molar-refractivity contribution in [2.45, 2.75) is 26.4 Å². The van der Waals surface area contributed by atoms with Gasteiger partial charge in [0.2, 0.25) is 0 Å². The van der Waals surface area contributed by atoms with Crippen LogP contribution in [0.3, 0.4) is 0 Å². The van der Waals surface area contributed by atoms with E-state index < -0.39 is 23.6 Å². The van der Waals surface area contributed by atoms with Crippen LogP contribution in [-0.4, -0.2) is 48.8 Å². The number of carbonyl (C=O) groups excluding carboxylic acids is 3. The van der Waals surface area contributed by atoms with Crippen LogP contribution >= 0.6 is 0 Å². The molecule has 0 N–H and O–H groups in total. The molecule has 1 amide bonds. The molecule has 1 saturated heterocycles. The van der Waals surface area contributed by atoms with Crippen molar-refractivity contribution in [3.05, 3.63) is 11.8 Å². The maximum atomic E-state index is 11.9. The number of carbonyl (C=O) groups is 3. The molecule has 1 fully saturated rings. The minimum absolute atomic E-state index is 0.0522. The molecule has 1 aliphatic rings. The van der Waals surface area contributed by atoms with E-state index in [1.54, 1.807) is 20.8 Å². The van der Waals surface area contributed by atoms with Gasteiger partial charge in [-0.25, -0.2) is 14.4 Å². The van der Waals surface area contributed by atoms with Crippen molar-refractivity contribution >= 4 is 18.0 Å². The van der Waals surface area contributed by atoms with Crippen LogP contribution in [0.1, 0.15) is 20.8 Å². The van der Waals surface area contributed by atoms with Crippen molar-refractivity contribution in [3.63, 3.8) is 0 Å². The number of rotatable bonds is 1. The lowest BCUT2D eigenvalue weighted by Gasteiger charge is -2.30. The lowest BCUT2D eigenvalue weighted by molar-refractivity contribution is -0.146. The molecule has 0 atom stereocenters. The Morgan fingerprint density at radius 2 is 2.00 bits per heavy atom. The van der Waals surface area contributed by atoms with E-state index in [9.17, 15) is 14.4 Å². The molecule has 0 aromatic rings. The highest BCUT2D eigenvalue weighted by atomic mass is 16.6. The number of methoxy groups -OCH3 is 1. The molecule has 0 aromatic carbocycles. The number of amides is 1. The fraction of sp³-hybridized carbons (Fsp3) is 0.583. The Labute approximate surface area is 111 Å². The summed E-state index contributed by atoms with van der Waals surface area (Å²) in [7, 11) is 1.17. The van der Waals surface area contributed by atoms with Gasteiger partial charge in [0.1, 0.15) is 17.9 Å². The van der Waals surface area contributed by atoms with E-state index in [4.69, 9.17) is 9.47 Å². The Kier molecular flexibility index (Phi) is 4.52. The van der Waals surface area contributed by atoms with Crippen LogP contribution in [0.5, 0.6) is 0 Å². The van der Waals surface area contributed by atoms with E-state index in [1.807, 2.05) is 0 Å². The zero-order valence-electron chi connectivity index (χ0n) is 11.4. The predicted molar refractivity (Wildman–Crippen MR) is 64.0 cm³/mol. The van der Waals surface area contributed by atoms with Crippen LogP contribution in [0.4, 0.5) is 4.79 Å². The smallest absolute Gasteiger partial charge is 0.415 e. The Bertz CT molecular complexity index is 420. The summed E-state index contributed by atoms with van der Waals surface area (Å²) in [6.45, 7) is 5.30. The zero-order chi connectivity index (χ0) is 14.6.